The van der Waals surface area contributed by atoms with E-state index in [9.17, 15) is 9.90 Å². The number of nitrogens with zero attached hydrogens (tertiary/aromatic N) is 1. The third-order valence-electron chi connectivity index (χ3n) is 4.64. The van der Waals surface area contributed by atoms with Crippen LogP contribution in [-0.2, 0) is 4.79 Å². The predicted molar refractivity (Wildman–Crippen MR) is 75.8 cm³/mol. The average molecular weight is 268 g/mol. The zero-order valence-corrected chi connectivity index (χ0v) is 12.3. The van der Waals surface area contributed by atoms with E-state index in [4.69, 9.17) is 0 Å². The standard InChI is InChI=1S/C15H28N2O2/c1-11(18)14-7-15(16-12(2)19)10-17(9-14)8-13-5-3-4-6-13/h11,13-15,18H,3-10H2,1-2H3,(H,16,19). The molecule has 1 amide bonds. The molecule has 0 bridgehead atoms. The van der Waals surface area contributed by atoms with E-state index in [0.717, 1.165) is 32.0 Å². The molecule has 0 spiro atoms. The van der Waals surface area contributed by atoms with E-state index in [1.165, 1.54) is 25.7 Å². The van der Waals surface area contributed by atoms with Gasteiger partial charge in [-0.15, -0.1) is 0 Å². The van der Waals surface area contributed by atoms with Crippen molar-refractivity contribution in [1.29, 1.82) is 0 Å². The number of nitrogens with one attached hydrogen (secondary N) is 1. The Balaban J connectivity index is 1.91. The average Bonchev–Trinajstić information content (AvgIpc) is 2.80. The molecule has 2 N–H and O–H groups in total. The van der Waals surface area contributed by atoms with Crippen LogP contribution in [0.1, 0.15) is 46.0 Å². The smallest absolute Gasteiger partial charge is 0.217 e. The SMILES string of the molecule is CC(=O)NC1CC(C(C)O)CN(CC2CCCC2)C1. The Hall–Kier alpha value is -0.610. The maximum absolute atomic E-state index is 11.2. The third-order valence-corrected chi connectivity index (χ3v) is 4.64. The molecule has 0 aromatic carbocycles. The minimum atomic E-state index is -0.289. The molecule has 19 heavy (non-hydrogen) atoms. The Morgan fingerprint density at radius 3 is 2.63 bits per heavy atom. The molecule has 0 aromatic heterocycles. The fourth-order valence-corrected chi connectivity index (χ4v) is 3.68. The lowest BCUT2D eigenvalue weighted by atomic mass is 9.89. The van der Waals surface area contributed by atoms with Gasteiger partial charge in [0.2, 0.25) is 5.91 Å². The maximum atomic E-state index is 11.2. The second kappa shape index (κ2) is 6.71. The Kier molecular flexibility index (Phi) is 5.22. The lowest BCUT2D eigenvalue weighted by molar-refractivity contribution is -0.120. The van der Waals surface area contributed by atoms with E-state index >= 15 is 0 Å². The van der Waals surface area contributed by atoms with Crippen LogP contribution in [0.25, 0.3) is 0 Å². The molecule has 3 unspecified atom stereocenters. The van der Waals surface area contributed by atoms with Gasteiger partial charge in [0.25, 0.3) is 0 Å². The number of aliphatic hydroxyl groups excluding tert-OH is 1. The van der Waals surface area contributed by atoms with E-state index < -0.39 is 0 Å². The molecule has 3 atom stereocenters. The molecule has 1 heterocycles. The molecule has 1 aliphatic carbocycles. The Bertz CT molecular complexity index is 299. The minimum absolute atomic E-state index is 0.0389. The highest BCUT2D eigenvalue weighted by Gasteiger charge is 2.31. The summed E-state index contributed by atoms with van der Waals surface area (Å²) in [4.78, 5) is 13.7. The Labute approximate surface area is 116 Å². The van der Waals surface area contributed by atoms with E-state index in [0.29, 0.717) is 0 Å². The number of likely N-dealkylation sites (tertiary alicyclic amines) is 1. The number of carbonyl (C=O) groups excluding carboxylic acids is 1. The Morgan fingerprint density at radius 2 is 2.05 bits per heavy atom. The van der Waals surface area contributed by atoms with E-state index in [-0.39, 0.29) is 24.0 Å². The number of carbonyl (C=O) groups is 1. The summed E-state index contributed by atoms with van der Waals surface area (Å²) in [5.74, 6) is 1.15. The first kappa shape index (κ1) is 14.8. The first-order chi connectivity index (χ1) is 9.04. The van der Waals surface area contributed by atoms with Crippen LogP contribution in [0.2, 0.25) is 0 Å². The molecule has 4 heteroatoms. The topological polar surface area (TPSA) is 52.6 Å². The largest absolute Gasteiger partial charge is 0.393 e. The highest BCUT2D eigenvalue weighted by molar-refractivity contribution is 5.73. The van der Waals surface area contributed by atoms with Crippen molar-refractivity contribution in [1.82, 2.24) is 10.2 Å². The summed E-state index contributed by atoms with van der Waals surface area (Å²) in [6.45, 7) is 6.50. The predicted octanol–water partition coefficient (Wildman–Crippen LogP) is 1.38. The molecule has 1 saturated heterocycles. The molecule has 2 rings (SSSR count). The summed E-state index contributed by atoms with van der Waals surface area (Å²) in [7, 11) is 0. The summed E-state index contributed by atoms with van der Waals surface area (Å²) >= 11 is 0. The summed E-state index contributed by atoms with van der Waals surface area (Å²) in [6, 6.07) is 0.201. The first-order valence-electron chi connectivity index (χ1n) is 7.72. The number of rotatable bonds is 4. The van der Waals surface area contributed by atoms with Gasteiger partial charge < -0.3 is 15.3 Å². The van der Waals surface area contributed by atoms with E-state index in [2.05, 4.69) is 10.2 Å². The van der Waals surface area contributed by atoms with Crippen LogP contribution in [0.4, 0.5) is 0 Å². The second-order valence-electron chi connectivity index (χ2n) is 6.50. The van der Waals surface area contributed by atoms with Crippen molar-refractivity contribution in [2.45, 2.75) is 58.1 Å². The summed E-state index contributed by atoms with van der Waals surface area (Å²) in [6.07, 6.45) is 6.04. The molecular weight excluding hydrogens is 240 g/mol. The number of amides is 1. The third kappa shape index (κ3) is 4.46. The van der Waals surface area contributed by atoms with Crippen LogP contribution >= 0.6 is 0 Å². The molecule has 0 radical (unpaired) electrons. The van der Waals surface area contributed by atoms with Gasteiger partial charge in [-0.2, -0.15) is 0 Å². The van der Waals surface area contributed by atoms with Gasteiger partial charge in [0.1, 0.15) is 0 Å². The zero-order valence-electron chi connectivity index (χ0n) is 12.3. The van der Waals surface area contributed by atoms with Crippen LogP contribution in [0, 0.1) is 11.8 Å². The minimum Gasteiger partial charge on any atom is -0.393 e. The normalized spacial score (nSPS) is 31.3. The van der Waals surface area contributed by atoms with Crippen LogP contribution in [0.5, 0.6) is 0 Å². The van der Waals surface area contributed by atoms with Crippen molar-refractivity contribution < 1.29 is 9.90 Å². The number of aliphatic hydroxyl groups is 1. The quantitative estimate of drug-likeness (QED) is 0.810. The van der Waals surface area contributed by atoms with Crippen LogP contribution in [0.3, 0.4) is 0 Å². The van der Waals surface area contributed by atoms with Crippen LogP contribution in [-0.4, -0.2) is 47.7 Å². The monoisotopic (exact) mass is 268 g/mol. The van der Waals surface area contributed by atoms with Crippen molar-refractivity contribution in [3.8, 4) is 0 Å². The van der Waals surface area contributed by atoms with Gasteiger partial charge in [-0.3, -0.25) is 4.79 Å². The van der Waals surface area contributed by atoms with Crippen LogP contribution in [0.15, 0.2) is 0 Å². The van der Waals surface area contributed by atoms with Gasteiger partial charge in [0, 0.05) is 32.6 Å². The fraction of sp³-hybridized carbons (Fsp3) is 0.933. The molecule has 0 aromatic rings. The molecule has 2 aliphatic rings. The summed E-state index contributed by atoms with van der Waals surface area (Å²) in [5.41, 5.74) is 0. The van der Waals surface area contributed by atoms with Gasteiger partial charge in [-0.05, 0) is 38.0 Å². The fourth-order valence-electron chi connectivity index (χ4n) is 3.68. The molecule has 2 fully saturated rings. The molecule has 4 nitrogen and oxygen atoms in total. The second-order valence-corrected chi connectivity index (χ2v) is 6.50. The molecule has 110 valence electrons. The maximum Gasteiger partial charge on any atom is 0.217 e. The van der Waals surface area contributed by atoms with Gasteiger partial charge in [-0.1, -0.05) is 12.8 Å². The highest BCUT2D eigenvalue weighted by Crippen LogP contribution is 2.28. The molecule has 1 aliphatic heterocycles. The van der Waals surface area contributed by atoms with Crippen molar-refractivity contribution in [3.63, 3.8) is 0 Å². The van der Waals surface area contributed by atoms with Crippen molar-refractivity contribution in [3.05, 3.63) is 0 Å². The van der Waals surface area contributed by atoms with Gasteiger partial charge in [-0.25, -0.2) is 0 Å². The highest BCUT2D eigenvalue weighted by atomic mass is 16.3. The van der Waals surface area contributed by atoms with E-state index in [1.807, 2.05) is 6.92 Å². The molecular formula is C15H28N2O2. The lowest BCUT2D eigenvalue weighted by Crippen LogP contribution is -2.53. The molecule has 1 saturated carbocycles. The zero-order chi connectivity index (χ0) is 13.8. The van der Waals surface area contributed by atoms with Crippen molar-refractivity contribution >= 4 is 5.91 Å². The van der Waals surface area contributed by atoms with Gasteiger partial charge >= 0.3 is 0 Å². The van der Waals surface area contributed by atoms with Gasteiger partial charge in [0.15, 0.2) is 0 Å². The van der Waals surface area contributed by atoms with Crippen LogP contribution < -0.4 is 5.32 Å². The first-order valence-corrected chi connectivity index (χ1v) is 7.72. The summed E-state index contributed by atoms with van der Waals surface area (Å²) < 4.78 is 0. The number of piperidine rings is 1. The van der Waals surface area contributed by atoms with E-state index in [1.54, 1.807) is 6.92 Å². The lowest BCUT2D eigenvalue weighted by Gasteiger charge is -2.40. The number of hydrogen-bond donors (Lipinski definition) is 2. The summed E-state index contributed by atoms with van der Waals surface area (Å²) in [5, 5.41) is 12.9. The van der Waals surface area contributed by atoms with Crippen molar-refractivity contribution in [2.24, 2.45) is 11.8 Å². The van der Waals surface area contributed by atoms with Gasteiger partial charge in [0.05, 0.1) is 6.10 Å². The number of hydrogen-bond acceptors (Lipinski definition) is 3. The van der Waals surface area contributed by atoms with Crippen molar-refractivity contribution in [2.75, 3.05) is 19.6 Å². The Morgan fingerprint density at radius 1 is 1.37 bits per heavy atom.